The number of hydrogen-bond donors (Lipinski definition) is 1. The van der Waals surface area contributed by atoms with E-state index in [0.29, 0.717) is 6.54 Å². The molecule has 7 heteroatoms. The number of nitrogens with one attached hydrogen (secondary N) is 1. The van der Waals surface area contributed by atoms with Gasteiger partial charge < -0.3 is 20.0 Å². The number of aromatic nitrogens is 1. The van der Waals surface area contributed by atoms with Crippen molar-refractivity contribution < 1.29 is 4.79 Å². The number of amides is 1. The summed E-state index contributed by atoms with van der Waals surface area (Å²) in [5.41, 5.74) is 1.12. The SMILES string of the molecule is CCNC(=NCc1ccc(N2CCCCCC2)nc1)N1CCN(C(C)=O)CC1. The fourth-order valence-corrected chi connectivity index (χ4v) is 3.82. The van der Waals surface area contributed by atoms with E-state index in [1.165, 1.54) is 25.7 Å². The highest BCUT2D eigenvalue weighted by molar-refractivity contribution is 5.80. The van der Waals surface area contributed by atoms with Crippen molar-refractivity contribution in [2.75, 3.05) is 50.7 Å². The van der Waals surface area contributed by atoms with Gasteiger partial charge in [0.05, 0.1) is 6.54 Å². The highest BCUT2D eigenvalue weighted by Gasteiger charge is 2.20. The van der Waals surface area contributed by atoms with Gasteiger partial charge in [0.25, 0.3) is 0 Å². The Morgan fingerprint density at radius 2 is 1.71 bits per heavy atom. The molecule has 2 fully saturated rings. The lowest BCUT2D eigenvalue weighted by atomic mass is 10.2. The summed E-state index contributed by atoms with van der Waals surface area (Å²) in [5.74, 6) is 2.15. The monoisotopic (exact) mass is 386 g/mol. The number of anilines is 1. The molecule has 0 aliphatic carbocycles. The predicted molar refractivity (Wildman–Crippen MR) is 114 cm³/mol. The Balaban J connectivity index is 1.59. The molecule has 1 aromatic heterocycles. The molecule has 0 unspecified atom stereocenters. The van der Waals surface area contributed by atoms with E-state index in [4.69, 9.17) is 4.99 Å². The summed E-state index contributed by atoms with van der Waals surface area (Å²) in [4.78, 5) is 27.6. The zero-order chi connectivity index (χ0) is 19.8. The number of nitrogens with zero attached hydrogens (tertiary/aromatic N) is 5. The summed E-state index contributed by atoms with van der Waals surface area (Å²) in [6, 6.07) is 4.28. The van der Waals surface area contributed by atoms with Gasteiger partial charge in [-0.2, -0.15) is 0 Å². The van der Waals surface area contributed by atoms with Crippen LogP contribution in [-0.2, 0) is 11.3 Å². The number of carbonyl (C=O) groups is 1. The third-order valence-corrected chi connectivity index (χ3v) is 5.51. The van der Waals surface area contributed by atoms with Gasteiger partial charge in [0, 0.05) is 58.9 Å². The summed E-state index contributed by atoms with van der Waals surface area (Å²) in [5, 5.41) is 3.38. The van der Waals surface area contributed by atoms with Crippen LogP contribution >= 0.6 is 0 Å². The Labute approximate surface area is 168 Å². The van der Waals surface area contributed by atoms with Crippen molar-refractivity contribution in [1.82, 2.24) is 20.1 Å². The van der Waals surface area contributed by atoms with Gasteiger partial charge in [0.15, 0.2) is 5.96 Å². The van der Waals surface area contributed by atoms with Gasteiger partial charge in [0.1, 0.15) is 5.82 Å². The molecule has 154 valence electrons. The number of guanidine groups is 1. The van der Waals surface area contributed by atoms with Crippen LogP contribution in [-0.4, -0.2) is 72.5 Å². The number of hydrogen-bond acceptors (Lipinski definition) is 4. The normalized spacial score (nSPS) is 18.8. The first kappa shape index (κ1) is 20.4. The van der Waals surface area contributed by atoms with E-state index in [-0.39, 0.29) is 5.91 Å². The topological polar surface area (TPSA) is 64.1 Å². The van der Waals surface area contributed by atoms with E-state index in [9.17, 15) is 4.79 Å². The van der Waals surface area contributed by atoms with Crippen molar-refractivity contribution in [3.05, 3.63) is 23.9 Å². The van der Waals surface area contributed by atoms with E-state index >= 15 is 0 Å². The predicted octanol–water partition coefficient (Wildman–Crippen LogP) is 2.09. The lowest BCUT2D eigenvalue weighted by molar-refractivity contribution is -0.130. The van der Waals surface area contributed by atoms with Crippen LogP contribution in [0.3, 0.4) is 0 Å². The summed E-state index contributed by atoms with van der Waals surface area (Å²) < 4.78 is 0. The fourth-order valence-electron chi connectivity index (χ4n) is 3.82. The van der Waals surface area contributed by atoms with Crippen LogP contribution in [0.15, 0.2) is 23.3 Å². The molecule has 0 radical (unpaired) electrons. The van der Waals surface area contributed by atoms with Crippen molar-refractivity contribution in [2.45, 2.75) is 46.1 Å². The number of aliphatic imine (C=N–C) groups is 1. The third-order valence-electron chi connectivity index (χ3n) is 5.51. The van der Waals surface area contributed by atoms with E-state index < -0.39 is 0 Å². The zero-order valence-electron chi connectivity index (χ0n) is 17.4. The van der Waals surface area contributed by atoms with Crippen molar-refractivity contribution in [3.63, 3.8) is 0 Å². The molecule has 2 aliphatic heterocycles. The van der Waals surface area contributed by atoms with Gasteiger partial charge in [0.2, 0.25) is 5.91 Å². The molecule has 3 heterocycles. The van der Waals surface area contributed by atoms with Crippen molar-refractivity contribution in [2.24, 2.45) is 4.99 Å². The minimum Gasteiger partial charge on any atom is -0.357 e. The second-order valence-electron chi connectivity index (χ2n) is 7.59. The smallest absolute Gasteiger partial charge is 0.219 e. The zero-order valence-corrected chi connectivity index (χ0v) is 17.4. The van der Waals surface area contributed by atoms with E-state index in [1.54, 1.807) is 6.92 Å². The van der Waals surface area contributed by atoms with Gasteiger partial charge in [-0.1, -0.05) is 18.9 Å². The summed E-state index contributed by atoms with van der Waals surface area (Å²) >= 11 is 0. The molecule has 0 atom stereocenters. The molecular weight excluding hydrogens is 352 g/mol. The summed E-state index contributed by atoms with van der Waals surface area (Å²) in [6.07, 6.45) is 7.14. The molecule has 28 heavy (non-hydrogen) atoms. The summed E-state index contributed by atoms with van der Waals surface area (Å²) in [6.45, 7) is 10.5. The standard InChI is InChI=1S/C21H34N6O/c1-3-22-21(27-14-12-25(13-15-27)18(2)28)24-17-19-8-9-20(23-16-19)26-10-6-4-5-7-11-26/h8-9,16H,3-7,10-15,17H2,1-2H3,(H,22,24). The summed E-state index contributed by atoms with van der Waals surface area (Å²) in [7, 11) is 0. The Bertz CT molecular complexity index is 643. The average molecular weight is 387 g/mol. The van der Waals surface area contributed by atoms with Crippen LogP contribution in [0.2, 0.25) is 0 Å². The first-order chi connectivity index (χ1) is 13.7. The molecule has 7 nitrogen and oxygen atoms in total. The van der Waals surface area contributed by atoms with E-state index in [1.807, 2.05) is 11.1 Å². The molecule has 2 saturated heterocycles. The van der Waals surface area contributed by atoms with Gasteiger partial charge >= 0.3 is 0 Å². The number of piperazine rings is 1. The number of rotatable bonds is 4. The lowest BCUT2D eigenvalue weighted by Crippen LogP contribution is -2.53. The highest BCUT2D eigenvalue weighted by Crippen LogP contribution is 2.17. The van der Waals surface area contributed by atoms with Crippen LogP contribution in [0, 0.1) is 0 Å². The van der Waals surface area contributed by atoms with Crippen LogP contribution in [0.25, 0.3) is 0 Å². The molecule has 1 N–H and O–H groups in total. The second kappa shape index (κ2) is 10.3. The molecule has 0 saturated carbocycles. The maximum atomic E-state index is 11.5. The third kappa shape index (κ3) is 5.59. The van der Waals surface area contributed by atoms with Crippen molar-refractivity contribution in [1.29, 1.82) is 0 Å². The van der Waals surface area contributed by atoms with Crippen molar-refractivity contribution >= 4 is 17.7 Å². The van der Waals surface area contributed by atoms with Gasteiger partial charge in [-0.3, -0.25) is 4.79 Å². The quantitative estimate of drug-likeness (QED) is 0.634. The maximum absolute atomic E-state index is 11.5. The van der Waals surface area contributed by atoms with Crippen LogP contribution in [0.1, 0.15) is 45.1 Å². The molecule has 2 aliphatic rings. The Kier molecular flexibility index (Phi) is 7.51. The number of carbonyl (C=O) groups excluding carboxylic acids is 1. The van der Waals surface area contributed by atoms with Crippen molar-refractivity contribution in [3.8, 4) is 0 Å². The second-order valence-corrected chi connectivity index (χ2v) is 7.59. The van der Waals surface area contributed by atoms with Crippen LogP contribution in [0.5, 0.6) is 0 Å². The van der Waals surface area contributed by atoms with E-state index in [0.717, 1.165) is 63.2 Å². The molecule has 1 amide bonds. The molecule has 3 rings (SSSR count). The molecule has 0 aromatic carbocycles. The first-order valence-electron chi connectivity index (χ1n) is 10.7. The van der Waals surface area contributed by atoms with Gasteiger partial charge in [-0.05, 0) is 31.4 Å². The Hall–Kier alpha value is -2.31. The maximum Gasteiger partial charge on any atom is 0.219 e. The molecular formula is C21H34N6O. The average Bonchev–Trinajstić information content (AvgIpc) is 3.01. The van der Waals surface area contributed by atoms with E-state index in [2.05, 4.69) is 39.2 Å². The molecule has 0 bridgehead atoms. The lowest BCUT2D eigenvalue weighted by Gasteiger charge is -2.36. The van der Waals surface area contributed by atoms with Crippen LogP contribution < -0.4 is 10.2 Å². The Morgan fingerprint density at radius 3 is 2.29 bits per heavy atom. The minimum atomic E-state index is 0.150. The van der Waals surface area contributed by atoms with Crippen LogP contribution in [0.4, 0.5) is 5.82 Å². The molecule has 0 spiro atoms. The van der Waals surface area contributed by atoms with Gasteiger partial charge in [-0.15, -0.1) is 0 Å². The largest absolute Gasteiger partial charge is 0.357 e. The van der Waals surface area contributed by atoms with Gasteiger partial charge in [-0.25, -0.2) is 9.98 Å². The fraction of sp³-hybridized carbons (Fsp3) is 0.667. The molecule has 1 aromatic rings. The first-order valence-corrected chi connectivity index (χ1v) is 10.7. The minimum absolute atomic E-state index is 0.150. The highest BCUT2D eigenvalue weighted by atomic mass is 16.2. The Morgan fingerprint density at radius 1 is 1.04 bits per heavy atom. The number of pyridine rings is 1.